The average molecular weight is 421 g/mol. The van der Waals surface area contributed by atoms with Gasteiger partial charge in [-0.2, -0.15) is 4.57 Å². The molecule has 0 fully saturated rings. The number of hydrogen-bond acceptors (Lipinski definition) is 3. The van der Waals surface area contributed by atoms with Crippen molar-refractivity contribution in [3.63, 3.8) is 0 Å². The van der Waals surface area contributed by atoms with Crippen LogP contribution in [-0.4, -0.2) is 10.8 Å². The average Bonchev–Trinajstić information content (AvgIpc) is 2.73. The van der Waals surface area contributed by atoms with Crippen molar-refractivity contribution in [3.05, 3.63) is 102 Å². The Balaban J connectivity index is 1.97. The number of aromatic nitrogens is 1. The molecule has 5 heteroatoms. The molecule has 3 rings (SSSR count). The first kappa shape index (κ1) is 21.8. The van der Waals surface area contributed by atoms with E-state index in [1.54, 1.807) is 4.57 Å². The molecule has 1 heterocycles. The van der Waals surface area contributed by atoms with E-state index in [4.69, 9.17) is 12.6 Å². The number of hydrogen-bond donors (Lipinski definition) is 0. The summed E-state index contributed by atoms with van der Waals surface area (Å²) >= 11 is 5.58. The molecule has 3 nitrogen and oxygen atoms in total. The van der Waals surface area contributed by atoms with Crippen LogP contribution in [0.5, 0.6) is 0 Å². The molecule has 0 bridgehead atoms. The van der Waals surface area contributed by atoms with E-state index in [0.717, 1.165) is 11.1 Å². The van der Waals surface area contributed by atoms with Crippen LogP contribution in [0.3, 0.4) is 0 Å². The van der Waals surface area contributed by atoms with E-state index < -0.39 is 6.04 Å². The number of Topliss-reactive ketones (excluding diaryl/α,β-unsaturated/α-hetero) is 1. The number of halogens is 1. The molecule has 0 saturated carbocycles. The second-order valence-electron chi connectivity index (χ2n) is 8.20. The summed E-state index contributed by atoms with van der Waals surface area (Å²) < 4.78 is 15.1. The minimum Gasteiger partial charge on any atom is -0.758 e. The molecule has 30 heavy (non-hydrogen) atoms. The Morgan fingerprint density at radius 1 is 1.00 bits per heavy atom. The summed E-state index contributed by atoms with van der Waals surface area (Å²) in [6.07, 6.45) is 3.72. The highest BCUT2D eigenvalue weighted by Gasteiger charge is 2.29. The highest BCUT2D eigenvalue weighted by molar-refractivity contribution is 7.77. The number of rotatable bonds is 6. The van der Waals surface area contributed by atoms with Crippen LogP contribution in [0.4, 0.5) is 4.39 Å². The van der Waals surface area contributed by atoms with Crippen LogP contribution < -0.4 is 4.57 Å². The maximum absolute atomic E-state index is 13.3. The molecule has 0 N–H and O–H groups in total. The van der Waals surface area contributed by atoms with E-state index in [-0.39, 0.29) is 17.0 Å². The number of aliphatic imine (C=N–C) groups is 1. The summed E-state index contributed by atoms with van der Waals surface area (Å²) in [5, 5.41) is 0.293. The molecule has 0 saturated heterocycles. The van der Waals surface area contributed by atoms with Gasteiger partial charge in [0.1, 0.15) is 5.82 Å². The second kappa shape index (κ2) is 9.26. The van der Waals surface area contributed by atoms with Crippen molar-refractivity contribution < 1.29 is 13.8 Å². The number of carbonyl (C=O) groups is 1. The minimum absolute atomic E-state index is 0.00620. The van der Waals surface area contributed by atoms with Crippen LogP contribution in [-0.2, 0) is 24.6 Å². The van der Waals surface area contributed by atoms with Crippen LogP contribution in [0.15, 0.2) is 84.1 Å². The predicted molar refractivity (Wildman–Crippen MR) is 120 cm³/mol. The first-order chi connectivity index (χ1) is 14.3. The molecule has 0 aliphatic rings. The van der Waals surface area contributed by atoms with E-state index >= 15 is 0 Å². The van der Waals surface area contributed by atoms with Crippen LogP contribution in [0.1, 0.15) is 48.3 Å². The summed E-state index contributed by atoms with van der Waals surface area (Å²) in [5.41, 5.74) is 2.55. The quantitative estimate of drug-likeness (QED) is 0.185. The fourth-order valence-corrected chi connectivity index (χ4v) is 3.39. The molecule has 1 aromatic heterocycles. The van der Waals surface area contributed by atoms with E-state index in [1.807, 2.05) is 54.9 Å². The molecule has 0 aliphatic carbocycles. The van der Waals surface area contributed by atoms with E-state index in [0.29, 0.717) is 17.2 Å². The van der Waals surface area contributed by atoms with Gasteiger partial charge in [-0.3, -0.25) is 4.79 Å². The lowest BCUT2D eigenvalue weighted by Crippen LogP contribution is -2.47. The molecular formula is C25H25FN2OS. The van der Waals surface area contributed by atoms with Crippen LogP contribution >= 0.6 is 0 Å². The van der Waals surface area contributed by atoms with Crippen molar-refractivity contribution in [1.29, 1.82) is 0 Å². The third-order valence-electron chi connectivity index (χ3n) is 4.89. The standard InChI is InChI=1S/C25H25FN2OS/c1-25(2,3)20-13-15-28(16-14-20)22(23(29)19-9-11-21(26)12-10-19)24(30)27-17-18-7-5-4-6-8-18/h4-16,22H,17H2,1-3H3/t22-/m1/s1. The maximum Gasteiger partial charge on any atom is 0.237 e. The Hall–Kier alpha value is -2.92. The van der Waals surface area contributed by atoms with Gasteiger partial charge in [0.15, 0.2) is 12.4 Å². The first-order valence-electron chi connectivity index (χ1n) is 9.82. The van der Waals surface area contributed by atoms with Crippen molar-refractivity contribution in [1.82, 2.24) is 0 Å². The highest BCUT2D eigenvalue weighted by Crippen LogP contribution is 2.21. The second-order valence-corrected chi connectivity index (χ2v) is 8.62. The van der Waals surface area contributed by atoms with Gasteiger partial charge in [0.05, 0.1) is 6.54 Å². The molecule has 0 spiro atoms. The maximum atomic E-state index is 13.3. The van der Waals surface area contributed by atoms with E-state index in [9.17, 15) is 9.18 Å². The zero-order valence-corrected chi connectivity index (χ0v) is 18.2. The van der Waals surface area contributed by atoms with Gasteiger partial charge in [0, 0.05) is 17.7 Å². The van der Waals surface area contributed by atoms with Crippen molar-refractivity contribution >= 4 is 23.5 Å². The van der Waals surface area contributed by atoms with Gasteiger partial charge in [-0.15, -0.1) is 0 Å². The van der Waals surface area contributed by atoms with Gasteiger partial charge in [0.2, 0.25) is 11.8 Å². The van der Waals surface area contributed by atoms with Gasteiger partial charge < -0.3 is 17.6 Å². The monoisotopic (exact) mass is 420 g/mol. The van der Waals surface area contributed by atoms with Gasteiger partial charge in [-0.25, -0.2) is 4.39 Å². The molecule has 0 amide bonds. The van der Waals surface area contributed by atoms with Crippen LogP contribution in [0.2, 0.25) is 0 Å². The van der Waals surface area contributed by atoms with E-state index in [1.165, 1.54) is 24.3 Å². The largest absolute Gasteiger partial charge is 0.758 e. The van der Waals surface area contributed by atoms with E-state index in [2.05, 4.69) is 25.8 Å². The van der Waals surface area contributed by atoms with Gasteiger partial charge in [-0.05, 0) is 45.9 Å². The van der Waals surface area contributed by atoms with Crippen LogP contribution in [0, 0.1) is 5.82 Å². The third kappa shape index (κ3) is 5.36. The van der Waals surface area contributed by atoms with Gasteiger partial charge in [-0.1, -0.05) is 51.1 Å². The lowest BCUT2D eigenvalue weighted by atomic mass is 9.88. The Morgan fingerprint density at radius 3 is 2.17 bits per heavy atom. The molecule has 2 aromatic carbocycles. The topological polar surface area (TPSA) is 33.3 Å². The Labute approximate surface area is 182 Å². The van der Waals surface area contributed by atoms with Crippen molar-refractivity contribution in [2.75, 3.05) is 0 Å². The third-order valence-corrected chi connectivity index (χ3v) is 5.24. The number of ketones is 1. The van der Waals surface area contributed by atoms with Crippen molar-refractivity contribution in [2.24, 2.45) is 4.99 Å². The van der Waals surface area contributed by atoms with Crippen LogP contribution in [0.25, 0.3) is 0 Å². The van der Waals surface area contributed by atoms with Gasteiger partial charge in [0.25, 0.3) is 0 Å². The Morgan fingerprint density at radius 2 is 1.60 bits per heavy atom. The fraction of sp³-hybridized carbons (Fsp3) is 0.240. The predicted octanol–water partition coefficient (Wildman–Crippen LogP) is 4.98. The molecule has 0 radical (unpaired) electrons. The summed E-state index contributed by atoms with van der Waals surface area (Å²) in [6, 6.07) is 18.5. The molecule has 3 aromatic rings. The lowest BCUT2D eigenvalue weighted by Gasteiger charge is -2.21. The molecular weight excluding hydrogens is 395 g/mol. The summed E-state index contributed by atoms with van der Waals surface area (Å²) in [4.78, 5) is 17.8. The molecule has 154 valence electrons. The zero-order valence-electron chi connectivity index (χ0n) is 17.4. The fourth-order valence-electron chi connectivity index (χ4n) is 3.10. The molecule has 0 aliphatic heterocycles. The lowest BCUT2D eigenvalue weighted by molar-refractivity contribution is -0.692. The summed E-state index contributed by atoms with van der Waals surface area (Å²) in [5.74, 6) is -0.605. The normalized spacial score (nSPS) is 13.1. The minimum atomic E-state index is -0.775. The Bertz CT molecular complexity index is 1020. The van der Waals surface area contributed by atoms with Gasteiger partial charge >= 0.3 is 0 Å². The number of benzene rings is 2. The first-order valence-corrected chi connectivity index (χ1v) is 10.2. The Kier molecular flexibility index (Phi) is 6.73. The number of pyridine rings is 1. The smallest absolute Gasteiger partial charge is 0.237 e. The molecule has 1 atom stereocenters. The zero-order chi connectivity index (χ0) is 21.7. The van der Waals surface area contributed by atoms with Crippen molar-refractivity contribution in [3.8, 4) is 0 Å². The van der Waals surface area contributed by atoms with Crippen molar-refractivity contribution in [2.45, 2.75) is 38.8 Å². The highest BCUT2D eigenvalue weighted by atomic mass is 32.1. The number of carbonyl (C=O) groups excluding carboxylic acids is 1. The SMILES string of the molecule is CC(C)(C)c1cc[n+]([C@H](C(=O)c2ccc(F)cc2)C([S-])=NCc2ccccc2)cc1. The summed E-state index contributed by atoms with van der Waals surface area (Å²) in [7, 11) is 0. The number of nitrogens with zero attached hydrogens (tertiary/aromatic N) is 2. The molecule has 0 unspecified atom stereocenters. The summed E-state index contributed by atoms with van der Waals surface area (Å²) in [6.45, 7) is 6.79.